The smallest absolute Gasteiger partial charge is 0.248 e. The molecule has 0 amide bonds. The molecule has 3 aromatic carbocycles. The molecule has 4 heteroatoms. The molecular weight excluding hydrogens is 388 g/mol. The second-order valence-corrected chi connectivity index (χ2v) is 7.79. The molecular formula is C27H26O4. The zero-order chi connectivity index (χ0) is 21.6. The van der Waals surface area contributed by atoms with Crippen LogP contribution in [0.25, 0.3) is 0 Å². The molecule has 1 aliphatic rings. The number of Topliss-reactive ketones (excluding diaryl/α,β-unsaturated/α-hetero) is 2. The number of unbranched alkanes of at least 4 members (excludes halogenated alkanes) is 2. The van der Waals surface area contributed by atoms with Crippen molar-refractivity contribution in [3.05, 3.63) is 95.1 Å². The highest BCUT2D eigenvalue weighted by molar-refractivity contribution is 6.47. The first-order chi connectivity index (χ1) is 15.2. The summed E-state index contributed by atoms with van der Waals surface area (Å²) in [5, 5.41) is 0. The van der Waals surface area contributed by atoms with Crippen molar-refractivity contribution in [2.45, 2.75) is 38.7 Å². The molecule has 0 saturated heterocycles. The van der Waals surface area contributed by atoms with E-state index in [2.05, 4.69) is 19.1 Å². The summed E-state index contributed by atoms with van der Waals surface area (Å²) in [5.74, 6) is -0.262. The van der Waals surface area contributed by atoms with Crippen molar-refractivity contribution >= 4 is 11.6 Å². The van der Waals surface area contributed by atoms with Gasteiger partial charge in [-0.1, -0.05) is 80.4 Å². The van der Waals surface area contributed by atoms with Crippen LogP contribution in [-0.4, -0.2) is 18.2 Å². The highest BCUT2D eigenvalue weighted by Crippen LogP contribution is 2.39. The van der Waals surface area contributed by atoms with Gasteiger partial charge in [0.05, 0.1) is 6.61 Å². The van der Waals surface area contributed by atoms with E-state index in [1.165, 1.54) is 0 Å². The van der Waals surface area contributed by atoms with Crippen molar-refractivity contribution in [2.75, 3.05) is 6.61 Å². The molecule has 0 bridgehead atoms. The molecule has 0 aliphatic carbocycles. The van der Waals surface area contributed by atoms with E-state index in [4.69, 9.17) is 9.47 Å². The van der Waals surface area contributed by atoms with Gasteiger partial charge in [-0.2, -0.15) is 0 Å². The monoisotopic (exact) mass is 414 g/mol. The van der Waals surface area contributed by atoms with Gasteiger partial charge in [-0.25, -0.2) is 0 Å². The van der Waals surface area contributed by atoms with Gasteiger partial charge in [-0.3, -0.25) is 9.59 Å². The summed E-state index contributed by atoms with van der Waals surface area (Å²) in [5.41, 5.74) is 3.04. The quantitative estimate of drug-likeness (QED) is 0.349. The Hall–Kier alpha value is -3.40. The molecule has 1 heterocycles. The Labute approximate surface area is 182 Å². The van der Waals surface area contributed by atoms with Crippen LogP contribution in [0.2, 0.25) is 0 Å². The molecule has 0 saturated carbocycles. The molecule has 4 nitrogen and oxygen atoms in total. The minimum atomic E-state index is -0.930. The van der Waals surface area contributed by atoms with Crippen molar-refractivity contribution in [3.63, 3.8) is 0 Å². The van der Waals surface area contributed by atoms with E-state index < -0.39 is 17.7 Å². The molecule has 3 aromatic rings. The molecule has 1 atom stereocenters. The lowest BCUT2D eigenvalue weighted by Gasteiger charge is -2.26. The van der Waals surface area contributed by atoms with Gasteiger partial charge < -0.3 is 9.47 Å². The van der Waals surface area contributed by atoms with Gasteiger partial charge in [0.1, 0.15) is 17.1 Å². The molecule has 158 valence electrons. The first kappa shape index (κ1) is 20.9. The van der Waals surface area contributed by atoms with Crippen LogP contribution >= 0.6 is 0 Å². The number of ketones is 2. The minimum Gasteiger partial charge on any atom is -0.493 e. The molecule has 0 aromatic heterocycles. The van der Waals surface area contributed by atoms with Crippen LogP contribution in [-0.2, 0) is 11.2 Å². The Bertz CT molecular complexity index is 1060. The Kier molecular flexibility index (Phi) is 6.46. The zero-order valence-electron chi connectivity index (χ0n) is 17.7. The van der Waals surface area contributed by atoms with Crippen LogP contribution in [0.5, 0.6) is 11.5 Å². The fourth-order valence-corrected chi connectivity index (χ4v) is 3.81. The fraction of sp³-hybridized carbons (Fsp3) is 0.259. The molecule has 4 rings (SSSR count). The number of carbonyl (C=O) groups is 2. The van der Waals surface area contributed by atoms with Crippen molar-refractivity contribution in [1.29, 1.82) is 0 Å². The summed E-state index contributed by atoms with van der Waals surface area (Å²) in [4.78, 5) is 25.9. The van der Waals surface area contributed by atoms with E-state index in [0.29, 0.717) is 30.1 Å². The van der Waals surface area contributed by atoms with Gasteiger partial charge in [0.25, 0.3) is 0 Å². The highest BCUT2D eigenvalue weighted by atomic mass is 16.5. The molecule has 31 heavy (non-hydrogen) atoms. The largest absolute Gasteiger partial charge is 0.493 e. The maximum atomic E-state index is 13.1. The highest BCUT2D eigenvalue weighted by Gasteiger charge is 2.39. The summed E-state index contributed by atoms with van der Waals surface area (Å²) in [6.45, 7) is 2.63. The van der Waals surface area contributed by atoms with Gasteiger partial charge in [0, 0.05) is 5.56 Å². The molecule has 0 fully saturated rings. The lowest BCUT2D eigenvalue weighted by Crippen LogP contribution is -2.32. The number of hydrogen-bond acceptors (Lipinski definition) is 4. The second kappa shape index (κ2) is 9.61. The first-order valence-electron chi connectivity index (χ1n) is 10.8. The third-order valence-electron chi connectivity index (χ3n) is 5.42. The SMILES string of the molecule is CCCCCOc1cc(Cc2ccccc2)cc2c1C(=O)C(=O)C(c1ccccc1)O2. The zero-order valence-corrected chi connectivity index (χ0v) is 17.7. The van der Waals surface area contributed by atoms with E-state index >= 15 is 0 Å². The average molecular weight is 415 g/mol. The van der Waals surface area contributed by atoms with Crippen LogP contribution in [0.1, 0.15) is 59.3 Å². The van der Waals surface area contributed by atoms with Crippen molar-refractivity contribution < 1.29 is 19.1 Å². The molecule has 1 unspecified atom stereocenters. The topological polar surface area (TPSA) is 52.6 Å². The predicted octanol–water partition coefficient (Wildman–Crippen LogP) is 5.73. The number of hydrogen-bond donors (Lipinski definition) is 0. The van der Waals surface area contributed by atoms with E-state index in [0.717, 1.165) is 30.4 Å². The van der Waals surface area contributed by atoms with Crippen LogP contribution in [0.15, 0.2) is 72.8 Å². The number of rotatable bonds is 8. The molecule has 1 aliphatic heterocycles. The van der Waals surface area contributed by atoms with Crippen LogP contribution < -0.4 is 9.47 Å². The number of carbonyl (C=O) groups excluding carboxylic acids is 2. The lowest BCUT2D eigenvalue weighted by atomic mass is 9.92. The fourth-order valence-electron chi connectivity index (χ4n) is 3.81. The van der Waals surface area contributed by atoms with Gasteiger partial charge in [-0.15, -0.1) is 0 Å². The normalized spacial score (nSPS) is 15.3. The van der Waals surface area contributed by atoms with Crippen molar-refractivity contribution in [2.24, 2.45) is 0 Å². The van der Waals surface area contributed by atoms with Gasteiger partial charge in [0.15, 0.2) is 6.10 Å². The van der Waals surface area contributed by atoms with E-state index in [1.54, 1.807) is 12.1 Å². The van der Waals surface area contributed by atoms with Gasteiger partial charge in [0.2, 0.25) is 11.6 Å². The van der Waals surface area contributed by atoms with Crippen molar-refractivity contribution in [1.82, 2.24) is 0 Å². The first-order valence-corrected chi connectivity index (χ1v) is 10.8. The second-order valence-electron chi connectivity index (χ2n) is 7.79. The molecule has 0 N–H and O–H groups in total. The Balaban J connectivity index is 1.71. The number of fused-ring (bicyclic) bond motifs is 1. The predicted molar refractivity (Wildman–Crippen MR) is 120 cm³/mol. The van der Waals surface area contributed by atoms with Gasteiger partial charge >= 0.3 is 0 Å². The molecule has 0 spiro atoms. The van der Waals surface area contributed by atoms with E-state index in [1.807, 2.05) is 48.5 Å². The third-order valence-corrected chi connectivity index (χ3v) is 5.42. The third kappa shape index (κ3) is 4.69. The lowest BCUT2D eigenvalue weighted by molar-refractivity contribution is -0.122. The maximum Gasteiger partial charge on any atom is 0.248 e. The summed E-state index contributed by atoms with van der Waals surface area (Å²) in [6, 6.07) is 23.0. The Morgan fingerprint density at radius 3 is 2.29 bits per heavy atom. The van der Waals surface area contributed by atoms with E-state index in [-0.39, 0.29) is 5.56 Å². The summed E-state index contributed by atoms with van der Waals surface area (Å²) in [6.07, 6.45) is 2.77. The van der Waals surface area contributed by atoms with Crippen LogP contribution in [0, 0.1) is 0 Å². The average Bonchev–Trinajstić information content (AvgIpc) is 2.80. The maximum absolute atomic E-state index is 13.1. The van der Waals surface area contributed by atoms with Crippen LogP contribution in [0.3, 0.4) is 0 Å². The Morgan fingerprint density at radius 2 is 1.58 bits per heavy atom. The standard InChI is InChI=1S/C27H26O4/c1-2-3-10-15-30-22-17-20(16-19-11-6-4-7-12-19)18-23-24(22)25(28)26(29)27(31-23)21-13-8-5-9-14-21/h4-9,11-14,17-18,27H,2-3,10,15-16H2,1H3. The summed E-state index contributed by atoms with van der Waals surface area (Å²) in [7, 11) is 0. The van der Waals surface area contributed by atoms with Crippen molar-refractivity contribution in [3.8, 4) is 11.5 Å². The van der Waals surface area contributed by atoms with E-state index in [9.17, 15) is 9.59 Å². The summed E-state index contributed by atoms with van der Waals surface area (Å²) >= 11 is 0. The number of benzene rings is 3. The minimum absolute atomic E-state index is 0.241. The summed E-state index contributed by atoms with van der Waals surface area (Å²) < 4.78 is 12.1. The number of ether oxygens (including phenoxy) is 2. The van der Waals surface area contributed by atoms with Crippen LogP contribution in [0.4, 0.5) is 0 Å². The molecule has 0 radical (unpaired) electrons. The Morgan fingerprint density at radius 1 is 0.871 bits per heavy atom. The van der Waals surface area contributed by atoms with Gasteiger partial charge in [-0.05, 0) is 36.1 Å².